The SMILES string of the molecule is CC(C)n1c(=O)[nH]c2c(-c3nc(C4CC4)cs3)cccc21.[HH]. The van der Waals surface area contributed by atoms with Crippen LogP contribution >= 0.6 is 11.3 Å². The Morgan fingerprint density at radius 3 is 2.95 bits per heavy atom. The molecule has 21 heavy (non-hydrogen) atoms. The molecule has 1 aliphatic rings. The standard InChI is InChI=1S/C16H17N3OS.H2/c1-9(2)19-13-5-3-4-11(14(13)18-16(19)20)15-17-12(8-21-15)10-6-7-10;/h3-5,8-10H,6-7H2,1-2H3,(H,18,20);1H. The van der Waals surface area contributed by atoms with Crippen molar-refractivity contribution in [2.75, 3.05) is 0 Å². The van der Waals surface area contributed by atoms with E-state index in [4.69, 9.17) is 4.98 Å². The van der Waals surface area contributed by atoms with E-state index in [1.54, 1.807) is 15.9 Å². The number of para-hydroxylation sites is 1. The van der Waals surface area contributed by atoms with Gasteiger partial charge in [-0.3, -0.25) is 4.57 Å². The summed E-state index contributed by atoms with van der Waals surface area (Å²) < 4.78 is 1.80. The highest BCUT2D eigenvalue weighted by atomic mass is 32.1. The topological polar surface area (TPSA) is 50.7 Å². The molecule has 0 unspecified atom stereocenters. The number of nitrogens with one attached hydrogen (secondary N) is 1. The van der Waals surface area contributed by atoms with Crippen LogP contribution < -0.4 is 5.69 Å². The molecule has 0 radical (unpaired) electrons. The summed E-state index contributed by atoms with van der Waals surface area (Å²) in [4.78, 5) is 19.9. The fourth-order valence-electron chi connectivity index (χ4n) is 2.82. The van der Waals surface area contributed by atoms with E-state index in [1.165, 1.54) is 18.5 Å². The van der Waals surface area contributed by atoms with Crippen LogP contribution in [0.15, 0.2) is 28.4 Å². The van der Waals surface area contributed by atoms with Crippen LogP contribution in [0, 0.1) is 0 Å². The van der Waals surface area contributed by atoms with Crippen molar-refractivity contribution in [3.63, 3.8) is 0 Å². The predicted octanol–water partition coefficient (Wildman–Crippen LogP) is 4.16. The Bertz CT molecular complexity index is 873. The average Bonchev–Trinajstić information content (AvgIpc) is 3.07. The fraction of sp³-hybridized carbons (Fsp3) is 0.375. The highest BCUT2D eigenvalue weighted by Gasteiger charge is 2.26. The van der Waals surface area contributed by atoms with Gasteiger partial charge < -0.3 is 4.98 Å². The summed E-state index contributed by atoms with van der Waals surface area (Å²) in [7, 11) is 0. The second-order valence-electron chi connectivity index (χ2n) is 5.95. The van der Waals surface area contributed by atoms with Crippen LogP contribution in [0.25, 0.3) is 21.6 Å². The summed E-state index contributed by atoms with van der Waals surface area (Å²) in [5, 5.41) is 3.16. The van der Waals surface area contributed by atoms with Crippen LogP contribution in [0.5, 0.6) is 0 Å². The number of thiazole rings is 1. The van der Waals surface area contributed by atoms with Crippen LogP contribution in [0.3, 0.4) is 0 Å². The second-order valence-corrected chi connectivity index (χ2v) is 6.80. The highest BCUT2D eigenvalue weighted by Crippen LogP contribution is 2.42. The monoisotopic (exact) mass is 301 g/mol. The number of nitrogens with zero attached hydrogens (tertiary/aromatic N) is 2. The Balaban J connectivity index is 0.00000144. The molecule has 2 aromatic heterocycles. The van der Waals surface area contributed by atoms with E-state index in [1.807, 2.05) is 32.0 Å². The van der Waals surface area contributed by atoms with E-state index in [-0.39, 0.29) is 13.2 Å². The molecule has 1 aliphatic carbocycles. The molecule has 0 atom stereocenters. The first-order valence-corrected chi connectivity index (χ1v) is 8.22. The van der Waals surface area contributed by atoms with E-state index in [9.17, 15) is 4.79 Å². The zero-order valence-corrected chi connectivity index (χ0v) is 12.9. The molecule has 1 saturated carbocycles. The lowest BCUT2D eigenvalue weighted by atomic mass is 10.2. The lowest BCUT2D eigenvalue weighted by Crippen LogP contribution is -2.18. The number of hydrogen-bond donors (Lipinski definition) is 1. The zero-order chi connectivity index (χ0) is 14.6. The van der Waals surface area contributed by atoms with E-state index in [2.05, 4.69) is 10.4 Å². The van der Waals surface area contributed by atoms with Crippen LogP contribution in [0.4, 0.5) is 0 Å². The molecule has 0 saturated heterocycles. The van der Waals surface area contributed by atoms with Crippen molar-refractivity contribution in [2.45, 2.75) is 38.6 Å². The minimum Gasteiger partial charge on any atom is -0.305 e. The Morgan fingerprint density at radius 2 is 2.24 bits per heavy atom. The third-order valence-corrected chi connectivity index (χ3v) is 4.91. The van der Waals surface area contributed by atoms with Gasteiger partial charge in [0.15, 0.2) is 0 Å². The number of imidazole rings is 1. The van der Waals surface area contributed by atoms with Crippen molar-refractivity contribution in [1.82, 2.24) is 14.5 Å². The van der Waals surface area contributed by atoms with Crippen molar-refractivity contribution >= 4 is 22.4 Å². The van der Waals surface area contributed by atoms with Gasteiger partial charge in [0, 0.05) is 24.3 Å². The minimum atomic E-state index is -0.0496. The fourth-order valence-corrected chi connectivity index (χ4v) is 3.75. The van der Waals surface area contributed by atoms with E-state index in [0.717, 1.165) is 21.6 Å². The smallest absolute Gasteiger partial charge is 0.305 e. The summed E-state index contributed by atoms with van der Waals surface area (Å²) in [5.41, 5.74) is 4.04. The molecule has 0 amide bonds. The van der Waals surface area contributed by atoms with Gasteiger partial charge in [-0.25, -0.2) is 9.78 Å². The van der Waals surface area contributed by atoms with Gasteiger partial charge in [0.1, 0.15) is 5.01 Å². The number of aromatic amines is 1. The van der Waals surface area contributed by atoms with Gasteiger partial charge in [-0.1, -0.05) is 6.07 Å². The normalized spacial score (nSPS) is 15.2. The molecule has 4 nitrogen and oxygen atoms in total. The van der Waals surface area contributed by atoms with Gasteiger partial charge in [-0.05, 0) is 38.8 Å². The molecule has 1 fully saturated rings. The highest BCUT2D eigenvalue weighted by molar-refractivity contribution is 7.13. The summed E-state index contributed by atoms with van der Waals surface area (Å²) in [6.07, 6.45) is 2.52. The van der Waals surface area contributed by atoms with E-state index in [0.29, 0.717) is 5.92 Å². The summed E-state index contributed by atoms with van der Waals surface area (Å²) in [5.74, 6) is 0.661. The van der Waals surface area contributed by atoms with Gasteiger partial charge in [0.05, 0.1) is 16.7 Å². The van der Waals surface area contributed by atoms with Crippen molar-refractivity contribution in [1.29, 1.82) is 0 Å². The van der Waals surface area contributed by atoms with Crippen LogP contribution in [0.1, 0.15) is 45.8 Å². The number of H-pyrrole nitrogens is 1. The Morgan fingerprint density at radius 1 is 1.43 bits per heavy atom. The van der Waals surface area contributed by atoms with E-state index < -0.39 is 0 Å². The second kappa shape index (κ2) is 4.56. The molecule has 0 bridgehead atoms. The number of benzene rings is 1. The molecule has 4 rings (SSSR count). The molecule has 3 aromatic rings. The van der Waals surface area contributed by atoms with E-state index >= 15 is 0 Å². The van der Waals surface area contributed by atoms with Gasteiger partial charge in [-0.2, -0.15) is 0 Å². The number of fused-ring (bicyclic) bond motifs is 1. The molecular formula is C16H19N3OS. The van der Waals surface area contributed by atoms with Gasteiger partial charge in [0.25, 0.3) is 0 Å². The Hall–Kier alpha value is -1.88. The van der Waals surface area contributed by atoms with Crippen LogP contribution in [-0.4, -0.2) is 14.5 Å². The molecule has 1 aromatic carbocycles. The molecule has 1 N–H and O–H groups in total. The van der Waals surface area contributed by atoms with Gasteiger partial charge in [-0.15, -0.1) is 11.3 Å². The lowest BCUT2D eigenvalue weighted by Gasteiger charge is -2.07. The zero-order valence-electron chi connectivity index (χ0n) is 12.1. The molecular weight excluding hydrogens is 282 g/mol. The third-order valence-electron chi connectivity index (χ3n) is 4.02. The quantitative estimate of drug-likeness (QED) is 0.789. The number of hydrogen-bond acceptors (Lipinski definition) is 3. The maximum Gasteiger partial charge on any atom is 0.326 e. The van der Waals surface area contributed by atoms with Crippen molar-refractivity contribution in [2.24, 2.45) is 0 Å². The van der Waals surface area contributed by atoms with Crippen LogP contribution in [-0.2, 0) is 0 Å². The molecule has 5 heteroatoms. The molecule has 0 spiro atoms. The molecule has 0 aliphatic heterocycles. The van der Waals surface area contributed by atoms with Gasteiger partial charge in [0.2, 0.25) is 0 Å². The Labute approximate surface area is 127 Å². The summed E-state index contributed by atoms with van der Waals surface area (Å²) in [6.45, 7) is 4.05. The first-order valence-electron chi connectivity index (χ1n) is 7.34. The van der Waals surface area contributed by atoms with Crippen molar-refractivity contribution < 1.29 is 1.43 Å². The first-order chi connectivity index (χ1) is 10.1. The minimum absolute atomic E-state index is 0. The summed E-state index contributed by atoms with van der Waals surface area (Å²) >= 11 is 1.67. The Kier molecular flexibility index (Phi) is 2.79. The maximum absolute atomic E-state index is 12.2. The molecule has 2 heterocycles. The van der Waals surface area contributed by atoms with Crippen LogP contribution in [0.2, 0.25) is 0 Å². The summed E-state index contributed by atoms with van der Waals surface area (Å²) in [6, 6.07) is 6.17. The van der Waals surface area contributed by atoms with Crippen molar-refractivity contribution in [3.05, 3.63) is 39.8 Å². The maximum atomic E-state index is 12.2. The molecule has 110 valence electrons. The number of aromatic nitrogens is 3. The predicted molar refractivity (Wildman–Crippen MR) is 88.1 cm³/mol. The average molecular weight is 301 g/mol. The van der Waals surface area contributed by atoms with Crippen molar-refractivity contribution in [3.8, 4) is 10.6 Å². The lowest BCUT2D eigenvalue weighted by molar-refractivity contribution is 0.598. The largest absolute Gasteiger partial charge is 0.326 e. The first kappa shape index (κ1) is 12.8. The van der Waals surface area contributed by atoms with Gasteiger partial charge >= 0.3 is 5.69 Å². The third kappa shape index (κ3) is 2.03. The number of rotatable bonds is 3.